The minimum atomic E-state index is -3.41. The number of rotatable bonds is 8. The number of nitrogens with zero attached hydrogens (tertiary/aromatic N) is 4. The third kappa shape index (κ3) is 6.11. The number of aromatic nitrogens is 2. The Bertz CT molecular complexity index is 634. The molecular formula is C14H24N6O4S. The Morgan fingerprint density at radius 2 is 1.80 bits per heavy atom. The summed E-state index contributed by atoms with van der Waals surface area (Å²) in [7, 11) is -1.87. The molecule has 2 N–H and O–H groups in total. The zero-order valence-corrected chi connectivity index (χ0v) is 15.0. The molecule has 0 radical (unpaired) electrons. The second-order valence-electron chi connectivity index (χ2n) is 5.43. The van der Waals surface area contributed by atoms with Gasteiger partial charge in [0.2, 0.25) is 16.0 Å². The molecule has 1 saturated heterocycles. The van der Waals surface area contributed by atoms with Crippen molar-refractivity contribution in [1.29, 1.82) is 0 Å². The van der Waals surface area contributed by atoms with E-state index in [0.717, 1.165) is 0 Å². The highest BCUT2D eigenvalue weighted by Gasteiger charge is 2.27. The monoisotopic (exact) mass is 372 g/mol. The smallest absolute Gasteiger partial charge is 0.314 e. The maximum absolute atomic E-state index is 12.4. The first kappa shape index (κ1) is 19.3. The highest BCUT2D eigenvalue weighted by atomic mass is 32.2. The molecule has 0 aromatic carbocycles. The molecule has 140 valence electrons. The Kier molecular flexibility index (Phi) is 7.34. The quantitative estimate of drug-likeness (QED) is 0.555. The average Bonchev–Trinajstić information content (AvgIpc) is 2.63. The lowest BCUT2D eigenvalue weighted by Crippen LogP contribution is -2.50. The molecule has 1 aromatic rings. The van der Waals surface area contributed by atoms with E-state index < -0.39 is 16.1 Å². The van der Waals surface area contributed by atoms with Gasteiger partial charge < -0.3 is 20.3 Å². The molecule has 2 amide bonds. The fraction of sp³-hybridized carbons (Fsp3) is 0.643. The fourth-order valence-electron chi connectivity index (χ4n) is 2.37. The summed E-state index contributed by atoms with van der Waals surface area (Å²) < 4.78 is 31.0. The molecule has 2 rings (SSSR count). The molecule has 0 unspecified atom stereocenters. The van der Waals surface area contributed by atoms with Gasteiger partial charge in [-0.1, -0.05) is 0 Å². The zero-order chi connectivity index (χ0) is 18.1. The second-order valence-corrected chi connectivity index (χ2v) is 7.51. The maximum atomic E-state index is 12.4. The van der Waals surface area contributed by atoms with E-state index in [1.54, 1.807) is 18.5 Å². The van der Waals surface area contributed by atoms with Crippen LogP contribution >= 0.6 is 0 Å². The highest BCUT2D eigenvalue weighted by Crippen LogP contribution is 2.12. The van der Waals surface area contributed by atoms with E-state index in [9.17, 15) is 13.2 Å². The van der Waals surface area contributed by atoms with Crippen molar-refractivity contribution in [3.63, 3.8) is 0 Å². The van der Waals surface area contributed by atoms with Crippen molar-refractivity contribution in [3.8, 4) is 0 Å². The molecule has 0 atom stereocenters. The van der Waals surface area contributed by atoms with Gasteiger partial charge in [-0.2, -0.15) is 4.31 Å². The van der Waals surface area contributed by atoms with E-state index >= 15 is 0 Å². The number of hydrogen-bond acceptors (Lipinski definition) is 7. The van der Waals surface area contributed by atoms with Crippen LogP contribution in [-0.4, -0.2) is 87.5 Å². The summed E-state index contributed by atoms with van der Waals surface area (Å²) in [6.45, 7) is 2.66. The summed E-state index contributed by atoms with van der Waals surface area (Å²) >= 11 is 0. The third-order valence-electron chi connectivity index (χ3n) is 3.70. The minimum absolute atomic E-state index is 0.0587. The van der Waals surface area contributed by atoms with E-state index in [1.165, 1.54) is 11.4 Å². The maximum Gasteiger partial charge on any atom is 0.314 e. The van der Waals surface area contributed by atoms with Crippen LogP contribution in [0.25, 0.3) is 0 Å². The van der Waals surface area contributed by atoms with Crippen molar-refractivity contribution in [2.45, 2.75) is 0 Å². The van der Waals surface area contributed by atoms with Crippen molar-refractivity contribution in [3.05, 3.63) is 18.5 Å². The molecule has 1 fully saturated rings. The predicted molar refractivity (Wildman–Crippen MR) is 92.9 cm³/mol. The van der Waals surface area contributed by atoms with Gasteiger partial charge in [-0.15, -0.1) is 0 Å². The number of sulfonamides is 1. The number of anilines is 1. The molecule has 0 bridgehead atoms. The van der Waals surface area contributed by atoms with Gasteiger partial charge >= 0.3 is 6.03 Å². The van der Waals surface area contributed by atoms with Crippen molar-refractivity contribution >= 4 is 22.0 Å². The van der Waals surface area contributed by atoms with E-state index in [4.69, 9.17) is 4.74 Å². The van der Waals surface area contributed by atoms with Crippen molar-refractivity contribution in [2.24, 2.45) is 0 Å². The largest absolute Gasteiger partial charge is 0.383 e. The highest BCUT2D eigenvalue weighted by molar-refractivity contribution is 7.89. The second kappa shape index (κ2) is 9.49. The Balaban J connectivity index is 1.73. The molecule has 0 aliphatic carbocycles. The van der Waals surface area contributed by atoms with Gasteiger partial charge in [-0.05, 0) is 6.07 Å². The zero-order valence-electron chi connectivity index (χ0n) is 14.2. The molecular weight excluding hydrogens is 348 g/mol. The number of nitrogens with one attached hydrogen (secondary N) is 2. The van der Waals surface area contributed by atoms with E-state index in [1.807, 2.05) is 4.90 Å². The standard InChI is InChI=1S/C14H24N6O4S/c1-24-11-5-17-14(21)18-6-12-25(22,23)20-9-7-19(8-10-20)13-15-3-2-4-16-13/h2-4H,5-12H2,1H3,(H2,17,18,21). The Labute approximate surface area is 147 Å². The Morgan fingerprint density at radius 1 is 1.16 bits per heavy atom. The van der Waals surface area contributed by atoms with Gasteiger partial charge in [-0.3, -0.25) is 0 Å². The van der Waals surface area contributed by atoms with Gasteiger partial charge in [0.25, 0.3) is 0 Å². The third-order valence-corrected chi connectivity index (χ3v) is 5.58. The molecule has 1 aliphatic heterocycles. The van der Waals surface area contributed by atoms with Gasteiger partial charge in [0.1, 0.15) is 0 Å². The number of methoxy groups -OCH3 is 1. The van der Waals surface area contributed by atoms with Gasteiger partial charge in [0.05, 0.1) is 12.4 Å². The fourth-order valence-corrected chi connectivity index (χ4v) is 3.71. The number of piperazine rings is 1. The van der Waals surface area contributed by atoms with Crippen molar-refractivity contribution in [1.82, 2.24) is 24.9 Å². The van der Waals surface area contributed by atoms with Crippen LogP contribution < -0.4 is 15.5 Å². The number of ether oxygens (including phenoxy) is 1. The topological polar surface area (TPSA) is 117 Å². The Morgan fingerprint density at radius 3 is 2.44 bits per heavy atom. The van der Waals surface area contributed by atoms with Crippen LogP contribution in [0.2, 0.25) is 0 Å². The van der Waals surface area contributed by atoms with Crippen LogP contribution in [0.4, 0.5) is 10.7 Å². The Hall–Kier alpha value is -1.98. The normalized spacial score (nSPS) is 15.8. The first-order valence-electron chi connectivity index (χ1n) is 8.03. The lowest BCUT2D eigenvalue weighted by molar-refractivity contribution is 0.196. The van der Waals surface area contributed by atoms with Crippen LogP contribution in [0, 0.1) is 0 Å². The van der Waals surface area contributed by atoms with Gasteiger partial charge in [0, 0.05) is 58.8 Å². The number of carbonyl (C=O) groups is 1. The molecule has 0 saturated carbocycles. The molecule has 1 aromatic heterocycles. The summed E-state index contributed by atoms with van der Waals surface area (Å²) in [5.41, 5.74) is 0. The molecule has 25 heavy (non-hydrogen) atoms. The molecule has 0 spiro atoms. The van der Waals surface area contributed by atoms with Crippen LogP contribution in [0.3, 0.4) is 0 Å². The lowest BCUT2D eigenvalue weighted by atomic mass is 10.4. The van der Waals surface area contributed by atoms with Crippen LogP contribution in [0.1, 0.15) is 0 Å². The summed E-state index contributed by atoms with van der Waals surface area (Å²) in [6, 6.07) is 1.33. The SMILES string of the molecule is COCCNC(=O)NCCS(=O)(=O)N1CCN(c2ncccn2)CC1. The summed E-state index contributed by atoms with van der Waals surface area (Å²) in [4.78, 5) is 21.8. The van der Waals surface area contributed by atoms with Crippen LogP contribution in [0.5, 0.6) is 0 Å². The van der Waals surface area contributed by atoms with E-state index in [2.05, 4.69) is 20.6 Å². The van der Waals surface area contributed by atoms with E-state index in [-0.39, 0.29) is 12.3 Å². The number of amides is 2. The summed E-state index contributed by atoms with van der Waals surface area (Å²) in [5.74, 6) is 0.473. The first-order valence-corrected chi connectivity index (χ1v) is 9.64. The van der Waals surface area contributed by atoms with Crippen LogP contribution in [0.15, 0.2) is 18.5 Å². The van der Waals surface area contributed by atoms with Gasteiger partial charge in [0.15, 0.2) is 0 Å². The molecule has 10 nitrogen and oxygen atoms in total. The number of carbonyl (C=O) groups excluding carboxylic acids is 1. The number of hydrogen-bond donors (Lipinski definition) is 2. The van der Waals surface area contributed by atoms with Crippen molar-refractivity contribution in [2.75, 3.05) is 63.6 Å². The predicted octanol–water partition coefficient (Wildman–Crippen LogP) is -1.13. The van der Waals surface area contributed by atoms with E-state index in [0.29, 0.717) is 45.3 Å². The molecule has 2 heterocycles. The lowest BCUT2D eigenvalue weighted by Gasteiger charge is -2.33. The first-order chi connectivity index (χ1) is 12.0. The summed E-state index contributed by atoms with van der Waals surface area (Å²) in [5, 5.41) is 5.10. The average molecular weight is 372 g/mol. The molecule has 11 heteroatoms. The summed E-state index contributed by atoms with van der Waals surface area (Å²) in [6.07, 6.45) is 3.32. The number of urea groups is 1. The molecule has 1 aliphatic rings. The van der Waals surface area contributed by atoms with Gasteiger partial charge in [-0.25, -0.2) is 23.2 Å². The van der Waals surface area contributed by atoms with Crippen LogP contribution in [-0.2, 0) is 14.8 Å². The van der Waals surface area contributed by atoms with Crippen molar-refractivity contribution < 1.29 is 17.9 Å². The minimum Gasteiger partial charge on any atom is -0.383 e.